The van der Waals surface area contributed by atoms with Crippen LogP contribution in [0, 0.1) is 0 Å². The summed E-state index contributed by atoms with van der Waals surface area (Å²) < 4.78 is 32.6. The minimum Gasteiger partial charge on any atom is -0.381 e. The smallest absolute Gasteiger partial charge is 0.252 e. The van der Waals surface area contributed by atoms with Gasteiger partial charge >= 0.3 is 0 Å². The zero-order valence-corrected chi connectivity index (χ0v) is 13.6. The lowest BCUT2D eigenvalue weighted by Crippen LogP contribution is -2.45. The number of pyridine rings is 1. The Hall–Kier alpha value is -1.18. The molecule has 0 aromatic carbocycles. The molecule has 1 aliphatic heterocycles. The number of sulfonamides is 1. The van der Waals surface area contributed by atoms with Crippen molar-refractivity contribution in [2.24, 2.45) is 0 Å². The third kappa shape index (κ3) is 2.85. The average molecular weight is 326 g/mol. The Labute approximate surface area is 130 Å². The number of aromatic nitrogens is 1. The third-order valence-corrected chi connectivity index (χ3v) is 7.12. The minimum absolute atomic E-state index is 0.0222. The van der Waals surface area contributed by atoms with E-state index in [0.29, 0.717) is 31.4 Å². The highest BCUT2D eigenvalue weighted by Gasteiger charge is 2.37. The average Bonchev–Trinajstić information content (AvgIpc) is 2.55. The summed E-state index contributed by atoms with van der Waals surface area (Å²) in [6.45, 7) is 0.634. The Kier molecular flexibility index (Phi) is 4.38. The Morgan fingerprint density at radius 1 is 1.36 bits per heavy atom. The number of rotatable bonds is 3. The molecule has 7 heteroatoms. The van der Waals surface area contributed by atoms with Crippen LogP contribution in [0.1, 0.15) is 36.8 Å². The molecule has 1 fully saturated rings. The lowest BCUT2D eigenvalue weighted by molar-refractivity contribution is 0.0713. The standard InChI is InChI=1S/C15H22N2O4S/c1-21-12-3-2-4-13(9-12)22(19,20)17-8-6-11-5-7-16-15(18)14(11)10-17/h5,7,12-13H,2-4,6,8-10H2,1H3,(H,16,18). The van der Waals surface area contributed by atoms with Gasteiger partial charge < -0.3 is 9.72 Å². The molecule has 0 amide bonds. The van der Waals surface area contributed by atoms with Crippen LogP contribution in [-0.4, -0.2) is 42.7 Å². The van der Waals surface area contributed by atoms with Crippen LogP contribution in [-0.2, 0) is 27.7 Å². The van der Waals surface area contributed by atoms with Gasteiger partial charge in [0.1, 0.15) is 0 Å². The second-order valence-electron chi connectivity index (χ2n) is 6.09. The van der Waals surface area contributed by atoms with E-state index < -0.39 is 15.3 Å². The fourth-order valence-electron chi connectivity index (χ4n) is 3.47. The molecule has 1 aromatic rings. The van der Waals surface area contributed by atoms with E-state index in [9.17, 15) is 13.2 Å². The molecule has 22 heavy (non-hydrogen) atoms. The maximum Gasteiger partial charge on any atom is 0.252 e. The van der Waals surface area contributed by atoms with E-state index in [0.717, 1.165) is 18.4 Å². The molecule has 0 bridgehead atoms. The van der Waals surface area contributed by atoms with Crippen LogP contribution in [0.15, 0.2) is 17.1 Å². The number of hydrogen-bond acceptors (Lipinski definition) is 4. The molecule has 0 saturated heterocycles. The number of hydrogen-bond donors (Lipinski definition) is 1. The fraction of sp³-hybridized carbons (Fsp3) is 0.667. The molecule has 2 unspecified atom stereocenters. The molecule has 3 rings (SSSR count). The summed E-state index contributed by atoms with van der Waals surface area (Å²) in [6.07, 6.45) is 5.26. The van der Waals surface area contributed by atoms with Crippen molar-refractivity contribution in [3.05, 3.63) is 33.7 Å². The molecule has 1 saturated carbocycles. The number of aromatic amines is 1. The normalized spacial score (nSPS) is 26.6. The van der Waals surface area contributed by atoms with Crippen molar-refractivity contribution < 1.29 is 13.2 Å². The fourth-order valence-corrected chi connectivity index (χ4v) is 5.47. The van der Waals surface area contributed by atoms with Gasteiger partial charge in [0.05, 0.1) is 11.4 Å². The molecule has 0 radical (unpaired) electrons. The van der Waals surface area contributed by atoms with E-state index in [-0.39, 0.29) is 18.2 Å². The zero-order valence-electron chi connectivity index (χ0n) is 12.7. The predicted octanol–water partition coefficient (Wildman–Crippen LogP) is 1.02. The predicted molar refractivity (Wildman–Crippen MR) is 83.1 cm³/mol. The van der Waals surface area contributed by atoms with Crippen molar-refractivity contribution in [2.45, 2.75) is 50.0 Å². The second-order valence-corrected chi connectivity index (χ2v) is 8.30. The van der Waals surface area contributed by atoms with Crippen molar-refractivity contribution >= 4 is 10.0 Å². The number of nitrogens with one attached hydrogen (secondary N) is 1. The number of methoxy groups -OCH3 is 1. The van der Waals surface area contributed by atoms with Gasteiger partial charge in [-0.15, -0.1) is 0 Å². The van der Waals surface area contributed by atoms with Crippen LogP contribution < -0.4 is 5.56 Å². The highest BCUT2D eigenvalue weighted by atomic mass is 32.2. The molecular weight excluding hydrogens is 304 g/mol. The zero-order chi connectivity index (χ0) is 15.7. The van der Waals surface area contributed by atoms with E-state index in [1.807, 2.05) is 6.07 Å². The largest absolute Gasteiger partial charge is 0.381 e. The number of H-pyrrole nitrogens is 1. The van der Waals surface area contributed by atoms with Crippen molar-refractivity contribution in [3.63, 3.8) is 0 Å². The topological polar surface area (TPSA) is 79.5 Å². The molecule has 2 heterocycles. The van der Waals surface area contributed by atoms with Crippen molar-refractivity contribution in [3.8, 4) is 0 Å². The van der Waals surface area contributed by atoms with Gasteiger partial charge in [-0.25, -0.2) is 8.42 Å². The minimum atomic E-state index is -3.39. The van der Waals surface area contributed by atoms with E-state index in [1.54, 1.807) is 13.3 Å². The van der Waals surface area contributed by atoms with E-state index >= 15 is 0 Å². The highest BCUT2D eigenvalue weighted by molar-refractivity contribution is 7.89. The van der Waals surface area contributed by atoms with Crippen LogP contribution in [0.5, 0.6) is 0 Å². The van der Waals surface area contributed by atoms with Gasteiger partial charge in [-0.2, -0.15) is 4.31 Å². The van der Waals surface area contributed by atoms with Crippen LogP contribution in [0.2, 0.25) is 0 Å². The first-order valence-corrected chi connectivity index (χ1v) is 9.24. The molecule has 2 atom stereocenters. The van der Waals surface area contributed by atoms with Crippen molar-refractivity contribution in [1.29, 1.82) is 0 Å². The van der Waals surface area contributed by atoms with Crippen LogP contribution in [0.3, 0.4) is 0 Å². The first kappa shape index (κ1) is 15.7. The van der Waals surface area contributed by atoms with E-state index in [2.05, 4.69) is 4.98 Å². The SMILES string of the molecule is COC1CCCC(S(=O)(=O)N2CCc3cc[nH]c(=O)c3C2)C1. The van der Waals surface area contributed by atoms with Crippen LogP contribution in [0.4, 0.5) is 0 Å². The highest BCUT2D eigenvalue weighted by Crippen LogP contribution is 2.30. The summed E-state index contributed by atoms with van der Waals surface area (Å²) in [4.78, 5) is 14.5. The Bertz CT molecular complexity index is 698. The number of fused-ring (bicyclic) bond motifs is 1. The maximum absolute atomic E-state index is 12.9. The summed E-state index contributed by atoms with van der Waals surface area (Å²) >= 11 is 0. The van der Waals surface area contributed by atoms with Gasteiger partial charge in [-0.3, -0.25) is 4.79 Å². The molecular formula is C15H22N2O4S. The van der Waals surface area contributed by atoms with E-state index in [4.69, 9.17) is 4.74 Å². The van der Waals surface area contributed by atoms with Crippen molar-refractivity contribution in [1.82, 2.24) is 9.29 Å². The van der Waals surface area contributed by atoms with Gasteiger partial charge in [-0.05, 0) is 43.7 Å². The van der Waals surface area contributed by atoms with Crippen LogP contribution in [0.25, 0.3) is 0 Å². The monoisotopic (exact) mass is 326 g/mol. The summed E-state index contributed by atoms with van der Waals surface area (Å²) in [6, 6.07) is 1.86. The van der Waals surface area contributed by atoms with Gasteiger partial charge in [0.25, 0.3) is 5.56 Å². The molecule has 2 aliphatic rings. The summed E-state index contributed by atoms with van der Waals surface area (Å²) in [5, 5.41) is -0.393. The quantitative estimate of drug-likeness (QED) is 0.899. The van der Waals surface area contributed by atoms with Gasteiger partial charge in [0.15, 0.2) is 0 Å². The van der Waals surface area contributed by atoms with Gasteiger partial charge in [0.2, 0.25) is 10.0 Å². The Balaban J connectivity index is 1.82. The Morgan fingerprint density at radius 3 is 2.95 bits per heavy atom. The lowest BCUT2D eigenvalue weighted by atomic mass is 9.97. The maximum atomic E-state index is 12.9. The second kappa shape index (κ2) is 6.14. The molecule has 1 aromatic heterocycles. The van der Waals surface area contributed by atoms with Gasteiger partial charge in [0, 0.05) is 32.0 Å². The summed E-state index contributed by atoms with van der Waals surface area (Å²) in [5.41, 5.74) is 1.35. The molecule has 1 aliphatic carbocycles. The number of nitrogens with zero attached hydrogens (tertiary/aromatic N) is 1. The first-order chi connectivity index (χ1) is 10.5. The molecule has 0 spiro atoms. The Morgan fingerprint density at radius 2 is 2.18 bits per heavy atom. The molecule has 1 N–H and O–H groups in total. The summed E-state index contributed by atoms with van der Waals surface area (Å²) in [5.74, 6) is 0. The first-order valence-electron chi connectivity index (χ1n) is 7.73. The third-order valence-electron chi connectivity index (χ3n) is 4.82. The van der Waals surface area contributed by atoms with Gasteiger partial charge in [-0.1, -0.05) is 0 Å². The molecule has 6 nitrogen and oxygen atoms in total. The number of ether oxygens (including phenoxy) is 1. The lowest BCUT2D eigenvalue weighted by Gasteiger charge is -2.34. The van der Waals surface area contributed by atoms with E-state index in [1.165, 1.54) is 4.31 Å². The van der Waals surface area contributed by atoms with Crippen LogP contribution >= 0.6 is 0 Å². The molecule has 122 valence electrons. The summed E-state index contributed by atoms with van der Waals surface area (Å²) in [7, 11) is -1.75. The van der Waals surface area contributed by atoms with Crippen molar-refractivity contribution in [2.75, 3.05) is 13.7 Å².